The maximum absolute atomic E-state index is 12.4. The summed E-state index contributed by atoms with van der Waals surface area (Å²) in [5.41, 5.74) is 0.434. The van der Waals surface area contributed by atoms with Gasteiger partial charge in [0.05, 0.1) is 13.2 Å². The summed E-state index contributed by atoms with van der Waals surface area (Å²) in [6.45, 7) is 9.71. The summed E-state index contributed by atoms with van der Waals surface area (Å²) in [7, 11) is -3.08. The Morgan fingerprint density at radius 1 is 0.895 bits per heavy atom. The van der Waals surface area contributed by atoms with Crippen molar-refractivity contribution in [2.75, 3.05) is 33.0 Å². The van der Waals surface area contributed by atoms with Gasteiger partial charge in [-0.3, -0.25) is 0 Å². The predicted molar refractivity (Wildman–Crippen MR) is 149 cm³/mol. The van der Waals surface area contributed by atoms with Gasteiger partial charge in [0, 0.05) is 31.3 Å². The Balaban J connectivity index is 1.79. The topological polar surface area (TPSA) is 113 Å². The van der Waals surface area contributed by atoms with E-state index in [0.717, 1.165) is 41.0 Å². The van der Waals surface area contributed by atoms with Crippen LogP contribution >= 0.6 is 0 Å². The van der Waals surface area contributed by atoms with Gasteiger partial charge in [0.15, 0.2) is 0 Å². The molecule has 0 fully saturated rings. The largest absolute Gasteiger partial charge is 0.524 e. The van der Waals surface area contributed by atoms with Crippen LogP contribution in [0.15, 0.2) is 42.5 Å². The molecule has 1 atom stereocenters. The number of hydrogen-bond acceptors (Lipinski definition) is 7. The molecular weight excluding hydrogens is 506 g/mol. The zero-order valence-corrected chi connectivity index (χ0v) is 23.9. The summed E-state index contributed by atoms with van der Waals surface area (Å²) in [6.07, 6.45) is 5.14. The monoisotopic (exact) mass is 547 g/mol. The summed E-state index contributed by atoms with van der Waals surface area (Å²) < 4.78 is 29.1. The zero-order valence-electron chi connectivity index (χ0n) is 22.9. The summed E-state index contributed by atoms with van der Waals surface area (Å²) >= 11 is 0. The predicted octanol–water partition coefficient (Wildman–Crippen LogP) is 5.58. The number of hydrogen-bond donors (Lipinski definition) is 2. The first-order valence-corrected chi connectivity index (χ1v) is 15.1. The minimum atomic E-state index is -3.08. The molecule has 2 aromatic carbocycles. The van der Waals surface area contributed by atoms with Crippen molar-refractivity contribution in [3.05, 3.63) is 48.0 Å². The van der Waals surface area contributed by atoms with Crippen molar-refractivity contribution in [2.45, 2.75) is 59.0 Å². The van der Waals surface area contributed by atoms with Gasteiger partial charge in [0.25, 0.3) is 0 Å². The maximum atomic E-state index is 12.4. The van der Waals surface area contributed by atoms with Gasteiger partial charge in [-0.05, 0) is 69.5 Å². The number of fused-ring (bicyclic) bond motifs is 1. The Kier molecular flexibility index (Phi) is 13.9. The molecule has 0 saturated carbocycles. The van der Waals surface area contributed by atoms with E-state index in [0.29, 0.717) is 45.9 Å². The van der Waals surface area contributed by atoms with Crippen molar-refractivity contribution in [2.24, 2.45) is 0 Å². The van der Waals surface area contributed by atoms with E-state index in [9.17, 15) is 9.59 Å². The standard InChI is InChI=1S/C28H41NO8Si/c1-5-26(38(35-6-2,36-7-3)37-8-4)29-28(32)34-21-13-9-12-20-33-25-18-16-22(17-19-27(30)31)23-14-10-11-15-24(23)25/h10-11,14-19,26H,5-9,12-13,20-21H2,1-4H3,(H,29,32)(H,30,31)/b19-17+. The minimum absolute atomic E-state index is 0.294. The number of alkyl carbamates (subject to hydrolysis) is 1. The van der Waals surface area contributed by atoms with E-state index in [2.05, 4.69) is 5.32 Å². The van der Waals surface area contributed by atoms with Crippen LogP contribution in [0.4, 0.5) is 4.79 Å². The highest BCUT2D eigenvalue weighted by Crippen LogP contribution is 2.29. The number of unbranched alkanes of at least 4 members (excludes halogenated alkanes) is 2. The highest BCUT2D eigenvalue weighted by molar-refractivity contribution is 6.62. The Labute approximate surface area is 226 Å². The molecular formula is C28H41NO8Si. The van der Waals surface area contributed by atoms with E-state index in [-0.39, 0.29) is 5.67 Å². The summed E-state index contributed by atoms with van der Waals surface area (Å²) in [5.74, 6) is -0.239. The first-order valence-electron chi connectivity index (χ1n) is 13.3. The van der Waals surface area contributed by atoms with Crippen LogP contribution in [0.5, 0.6) is 5.75 Å². The molecule has 38 heavy (non-hydrogen) atoms. The first-order chi connectivity index (χ1) is 18.4. The van der Waals surface area contributed by atoms with Gasteiger partial charge in [-0.2, -0.15) is 0 Å². The molecule has 0 radical (unpaired) electrons. The summed E-state index contributed by atoms with van der Waals surface area (Å²) in [6, 6.07) is 11.5. The highest BCUT2D eigenvalue weighted by Gasteiger charge is 2.49. The second-order valence-electron chi connectivity index (χ2n) is 8.42. The van der Waals surface area contributed by atoms with Crippen molar-refractivity contribution < 1.29 is 37.4 Å². The Morgan fingerprint density at radius 2 is 1.53 bits per heavy atom. The van der Waals surface area contributed by atoms with Gasteiger partial charge in [0.2, 0.25) is 0 Å². The van der Waals surface area contributed by atoms with E-state index in [1.165, 1.54) is 0 Å². The van der Waals surface area contributed by atoms with E-state index < -0.39 is 20.9 Å². The number of aliphatic carboxylic acids is 1. The van der Waals surface area contributed by atoms with Gasteiger partial charge in [0.1, 0.15) is 11.4 Å². The van der Waals surface area contributed by atoms with E-state index >= 15 is 0 Å². The molecule has 2 rings (SSSR count). The van der Waals surface area contributed by atoms with Crippen LogP contribution in [0.25, 0.3) is 16.8 Å². The molecule has 0 spiro atoms. The van der Waals surface area contributed by atoms with Crippen LogP contribution in [-0.2, 0) is 22.8 Å². The molecule has 1 amide bonds. The number of carbonyl (C=O) groups is 2. The van der Waals surface area contributed by atoms with Gasteiger partial charge in [-0.1, -0.05) is 37.3 Å². The smallest absolute Gasteiger partial charge is 0.493 e. The molecule has 0 aliphatic heterocycles. The second kappa shape index (κ2) is 16.8. The maximum Gasteiger partial charge on any atom is 0.524 e. The lowest BCUT2D eigenvalue weighted by atomic mass is 10.0. The number of benzene rings is 2. The first kappa shape index (κ1) is 31.3. The van der Waals surface area contributed by atoms with Crippen molar-refractivity contribution in [1.29, 1.82) is 0 Å². The van der Waals surface area contributed by atoms with E-state index in [1.54, 1.807) is 6.08 Å². The fraction of sp³-hybridized carbons (Fsp3) is 0.500. The van der Waals surface area contributed by atoms with Crippen LogP contribution in [0, 0.1) is 0 Å². The number of nitrogens with one attached hydrogen (secondary N) is 1. The highest BCUT2D eigenvalue weighted by atomic mass is 28.4. The molecule has 0 saturated heterocycles. The van der Waals surface area contributed by atoms with Gasteiger partial charge in [-0.25, -0.2) is 9.59 Å². The van der Waals surface area contributed by atoms with Crippen molar-refractivity contribution in [1.82, 2.24) is 5.32 Å². The van der Waals surface area contributed by atoms with Crippen LogP contribution in [0.2, 0.25) is 0 Å². The Morgan fingerprint density at radius 3 is 2.13 bits per heavy atom. The number of rotatable bonds is 18. The average Bonchev–Trinajstić information content (AvgIpc) is 2.90. The Bertz CT molecular complexity index is 1030. The van der Waals surface area contributed by atoms with E-state index in [4.69, 9.17) is 27.9 Å². The number of carboxylic acids is 1. The molecule has 210 valence electrons. The third-order valence-corrected chi connectivity index (χ3v) is 9.25. The molecule has 0 bridgehead atoms. The fourth-order valence-corrected chi connectivity index (χ4v) is 6.96. The lowest BCUT2D eigenvalue weighted by Gasteiger charge is -2.34. The molecule has 0 aliphatic rings. The lowest BCUT2D eigenvalue weighted by Crippen LogP contribution is -2.62. The molecule has 0 aromatic heterocycles. The molecule has 2 N–H and O–H groups in total. The molecule has 0 heterocycles. The molecule has 9 nitrogen and oxygen atoms in total. The third kappa shape index (κ3) is 9.43. The number of amides is 1. The number of ether oxygens (including phenoxy) is 2. The minimum Gasteiger partial charge on any atom is -0.493 e. The van der Waals surface area contributed by atoms with Gasteiger partial charge in [-0.15, -0.1) is 0 Å². The second-order valence-corrected chi connectivity index (χ2v) is 11.2. The summed E-state index contributed by atoms with van der Waals surface area (Å²) in [4.78, 5) is 23.3. The molecule has 0 aliphatic carbocycles. The van der Waals surface area contributed by atoms with Crippen molar-refractivity contribution in [3.63, 3.8) is 0 Å². The fourth-order valence-electron chi connectivity index (χ4n) is 4.11. The van der Waals surface area contributed by atoms with E-state index in [1.807, 2.05) is 64.1 Å². The Hall–Kier alpha value is -2.92. The molecule has 2 aromatic rings. The average molecular weight is 548 g/mol. The van der Waals surface area contributed by atoms with Gasteiger partial charge < -0.3 is 33.2 Å². The third-order valence-electron chi connectivity index (χ3n) is 5.77. The van der Waals surface area contributed by atoms with Crippen LogP contribution in [0.3, 0.4) is 0 Å². The van der Waals surface area contributed by atoms with Gasteiger partial charge >= 0.3 is 20.9 Å². The normalized spacial score (nSPS) is 12.5. The molecule has 1 unspecified atom stereocenters. The zero-order chi connectivity index (χ0) is 27.8. The van der Waals surface area contributed by atoms with Crippen molar-refractivity contribution >= 4 is 37.7 Å². The molecule has 10 heteroatoms. The summed E-state index contributed by atoms with van der Waals surface area (Å²) in [5, 5.41) is 13.7. The van der Waals surface area contributed by atoms with Crippen LogP contribution in [0.1, 0.15) is 58.9 Å². The quantitative estimate of drug-likeness (QED) is 0.141. The number of carboxylic acid groups (broad SMARTS) is 1. The van der Waals surface area contributed by atoms with Crippen molar-refractivity contribution in [3.8, 4) is 5.75 Å². The SMILES string of the molecule is CCO[Si](OCC)(OCC)C(CC)NC(=O)OCCCCCOc1ccc(/C=C/C(=O)O)c2ccccc12. The van der Waals surface area contributed by atoms with Crippen LogP contribution in [-0.4, -0.2) is 64.7 Å². The lowest BCUT2D eigenvalue weighted by molar-refractivity contribution is -0.131. The number of carbonyl (C=O) groups excluding carboxylic acids is 1. The van der Waals surface area contributed by atoms with Crippen LogP contribution < -0.4 is 10.1 Å².